The standard InChI is InChI=1S/C11H15N5O3S/c1-20-2-5-7(17)8(18)11(19-5)16-4-15-10-6(16)9(12)13-3-14-10/h3-5,7-8,11,17-18H,2H2,1H3,(H2,12,13,14)/t5-,7-,8-,11-/m1/s1. The summed E-state index contributed by atoms with van der Waals surface area (Å²) in [6, 6.07) is 0. The van der Waals surface area contributed by atoms with E-state index in [9.17, 15) is 10.2 Å². The maximum atomic E-state index is 10.2. The van der Waals surface area contributed by atoms with Gasteiger partial charge < -0.3 is 20.7 Å². The highest BCUT2D eigenvalue weighted by atomic mass is 32.2. The van der Waals surface area contributed by atoms with E-state index in [1.54, 1.807) is 16.3 Å². The van der Waals surface area contributed by atoms with Crippen LogP contribution < -0.4 is 5.73 Å². The lowest BCUT2D eigenvalue weighted by atomic mass is 10.1. The minimum atomic E-state index is -1.05. The molecule has 2 aromatic heterocycles. The first-order chi connectivity index (χ1) is 9.63. The molecular formula is C11H15N5O3S. The molecule has 0 amide bonds. The number of aliphatic hydroxyl groups is 2. The molecule has 3 rings (SSSR count). The fraction of sp³-hybridized carbons (Fsp3) is 0.545. The summed E-state index contributed by atoms with van der Waals surface area (Å²) >= 11 is 1.54. The number of hydrogen-bond acceptors (Lipinski definition) is 8. The van der Waals surface area contributed by atoms with Crippen molar-refractivity contribution in [2.45, 2.75) is 24.5 Å². The highest BCUT2D eigenvalue weighted by Crippen LogP contribution is 2.33. The van der Waals surface area contributed by atoms with Crippen LogP contribution in [0.3, 0.4) is 0 Å². The minimum absolute atomic E-state index is 0.256. The lowest BCUT2D eigenvalue weighted by molar-refractivity contribution is -0.0285. The molecule has 1 saturated heterocycles. The van der Waals surface area contributed by atoms with Crippen LogP contribution in [-0.4, -0.2) is 60.1 Å². The van der Waals surface area contributed by atoms with E-state index in [1.165, 1.54) is 12.7 Å². The smallest absolute Gasteiger partial charge is 0.183 e. The molecule has 0 radical (unpaired) electrons. The van der Waals surface area contributed by atoms with Crippen molar-refractivity contribution in [2.75, 3.05) is 17.7 Å². The van der Waals surface area contributed by atoms with Crippen LogP contribution in [0.1, 0.15) is 6.23 Å². The molecule has 2 aromatic rings. The van der Waals surface area contributed by atoms with Crippen LogP contribution in [0, 0.1) is 0 Å². The van der Waals surface area contributed by atoms with Gasteiger partial charge in [-0.25, -0.2) is 15.0 Å². The predicted molar refractivity (Wildman–Crippen MR) is 74.0 cm³/mol. The number of ether oxygens (including phenoxy) is 1. The molecule has 4 atom stereocenters. The molecule has 0 saturated carbocycles. The quantitative estimate of drug-likeness (QED) is 0.686. The lowest BCUT2D eigenvalue weighted by Crippen LogP contribution is -2.32. The van der Waals surface area contributed by atoms with Crippen LogP contribution in [0.25, 0.3) is 11.2 Å². The van der Waals surface area contributed by atoms with Gasteiger partial charge in [0.1, 0.15) is 30.4 Å². The third kappa shape index (κ3) is 2.03. The third-order valence-electron chi connectivity index (χ3n) is 3.34. The molecule has 8 nitrogen and oxygen atoms in total. The maximum Gasteiger partial charge on any atom is 0.183 e. The molecule has 3 heterocycles. The van der Waals surface area contributed by atoms with Crippen LogP contribution in [0.4, 0.5) is 5.82 Å². The predicted octanol–water partition coefficient (Wildman–Crippen LogP) is -0.609. The second kappa shape index (κ2) is 5.17. The number of anilines is 1. The molecule has 1 aliphatic heterocycles. The summed E-state index contributed by atoms with van der Waals surface area (Å²) in [5, 5.41) is 20.2. The highest BCUT2D eigenvalue weighted by Gasteiger charge is 2.43. The average molecular weight is 297 g/mol. The molecule has 0 bridgehead atoms. The van der Waals surface area contributed by atoms with Crippen molar-refractivity contribution >= 4 is 28.7 Å². The second-order valence-corrected chi connectivity index (χ2v) is 5.50. The molecule has 108 valence electrons. The SMILES string of the molecule is CSC[C@H]1O[C@@H](n2cnc3ncnc(N)c32)[C@H](O)[C@@H]1O. The summed E-state index contributed by atoms with van der Waals surface area (Å²) in [4.78, 5) is 12.0. The Morgan fingerprint density at radius 2 is 2.15 bits per heavy atom. The second-order valence-electron chi connectivity index (χ2n) is 4.58. The van der Waals surface area contributed by atoms with E-state index in [4.69, 9.17) is 10.5 Å². The third-order valence-corrected chi connectivity index (χ3v) is 4.00. The Morgan fingerprint density at radius 3 is 2.90 bits per heavy atom. The van der Waals surface area contributed by atoms with E-state index in [1.807, 2.05) is 6.26 Å². The molecule has 0 spiro atoms. The van der Waals surface area contributed by atoms with Gasteiger partial charge in [0, 0.05) is 5.75 Å². The number of rotatable bonds is 3. The first kappa shape index (κ1) is 13.6. The molecule has 0 aliphatic carbocycles. The summed E-state index contributed by atoms with van der Waals surface area (Å²) in [7, 11) is 0. The number of nitrogens with zero attached hydrogens (tertiary/aromatic N) is 4. The van der Waals surface area contributed by atoms with Crippen molar-refractivity contribution in [3.8, 4) is 0 Å². The van der Waals surface area contributed by atoms with Crippen molar-refractivity contribution in [2.24, 2.45) is 0 Å². The number of fused-ring (bicyclic) bond motifs is 1. The fourth-order valence-electron chi connectivity index (χ4n) is 2.35. The summed E-state index contributed by atoms with van der Waals surface area (Å²) in [5.74, 6) is 0.846. The molecule has 4 N–H and O–H groups in total. The van der Waals surface area contributed by atoms with Crippen molar-refractivity contribution in [1.29, 1.82) is 0 Å². The van der Waals surface area contributed by atoms with Crippen LogP contribution in [0.2, 0.25) is 0 Å². The summed E-state index contributed by atoms with van der Waals surface area (Å²) in [6.45, 7) is 0. The normalized spacial score (nSPS) is 30.1. The molecule has 0 unspecified atom stereocenters. The topological polar surface area (TPSA) is 119 Å². The van der Waals surface area contributed by atoms with Crippen molar-refractivity contribution in [3.63, 3.8) is 0 Å². The number of hydrogen-bond donors (Lipinski definition) is 3. The zero-order chi connectivity index (χ0) is 14.3. The Balaban J connectivity index is 1.99. The van der Waals surface area contributed by atoms with Gasteiger partial charge in [-0.2, -0.15) is 11.8 Å². The largest absolute Gasteiger partial charge is 0.387 e. The zero-order valence-corrected chi connectivity index (χ0v) is 11.6. The molecule has 0 aromatic carbocycles. The Hall–Kier alpha value is -1.42. The molecular weight excluding hydrogens is 282 g/mol. The summed E-state index contributed by atoms with van der Waals surface area (Å²) in [6.07, 6.45) is 1.53. The number of thioether (sulfide) groups is 1. The van der Waals surface area contributed by atoms with Crippen LogP contribution in [0.15, 0.2) is 12.7 Å². The van der Waals surface area contributed by atoms with Crippen LogP contribution in [-0.2, 0) is 4.74 Å². The van der Waals surface area contributed by atoms with Gasteiger partial charge >= 0.3 is 0 Å². The van der Waals surface area contributed by atoms with E-state index in [0.717, 1.165) is 0 Å². The Morgan fingerprint density at radius 1 is 1.35 bits per heavy atom. The molecule has 1 aliphatic rings. The van der Waals surface area contributed by atoms with Crippen molar-refractivity contribution in [3.05, 3.63) is 12.7 Å². The average Bonchev–Trinajstić information content (AvgIpc) is 2.97. The Bertz CT molecular complexity index is 621. The minimum Gasteiger partial charge on any atom is -0.387 e. The number of imidazole rings is 1. The van der Waals surface area contributed by atoms with Gasteiger partial charge in [0.25, 0.3) is 0 Å². The van der Waals surface area contributed by atoms with E-state index < -0.39 is 24.5 Å². The lowest BCUT2D eigenvalue weighted by Gasteiger charge is -2.17. The number of aliphatic hydroxyl groups excluding tert-OH is 2. The Kier molecular flexibility index (Phi) is 3.50. The summed E-state index contributed by atoms with van der Waals surface area (Å²) in [5.41, 5.74) is 6.75. The van der Waals surface area contributed by atoms with Crippen molar-refractivity contribution in [1.82, 2.24) is 19.5 Å². The van der Waals surface area contributed by atoms with Gasteiger partial charge in [-0.3, -0.25) is 4.57 Å². The number of aromatic nitrogens is 4. The number of nitrogen functional groups attached to an aromatic ring is 1. The first-order valence-corrected chi connectivity index (χ1v) is 7.46. The molecule has 9 heteroatoms. The van der Waals surface area contributed by atoms with Gasteiger partial charge in [0.2, 0.25) is 0 Å². The van der Waals surface area contributed by atoms with E-state index in [0.29, 0.717) is 16.9 Å². The van der Waals surface area contributed by atoms with Gasteiger partial charge in [-0.05, 0) is 6.26 Å². The maximum absolute atomic E-state index is 10.2. The Labute approximate surface area is 119 Å². The van der Waals surface area contributed by atoms with Gasteiger partial charge in [-0.1, -0.05) is 0 Å². The van der Waals surface area contributed by atoms with Gasteiger partial charge in [0.15, 0.2) is 17.7 Å². The van der Waals surface area contributed by atoms with Gasteiger partial charge in [-0.15, -0.1) is 0 Å². The van der Waals surface area contributed by atoms with Crippen molar-refractivity contribution < 1.29 is 14.9 Å². The zero-order valence-electron chi connectivity index (χ0n) is 10.7. The monoisotopic (exact) mass is 297 g/mol. The highest BCUT2D eigenvalue weighted by molar-refractivity contribution is 7.98. The van der Waals surface area contributed by atoms with Gasteiger partial charge in [0.05, 0.1) is 6.10 Å². The summed E-state index contributed by atoms with van der Waals surface area (Å²) < 4.78 is 7.29. The molecule has 1 fully saturated rings. The van der Waals surface area contributed by atoms with E-state index in [2.05, 4.69) is 15.0 Å². The fourth-order valence-corrected chi connectivity index (χ4v) is 2.96. The number of nitrogens with two attached hydrogens (primary N) is 1. The molecule has 20 heavy (non-hydrogen) atoms. The van der Waals surface area contributed by atoms with E-state index in [-0.39, 0.29) is 5.82 Å². The van der Waals surface area contributed by atoms with Crippen LogP contribution in [0.5, 0.6) is 0 Å². The van der Waals surface area contributed by atoms with Crippen LogP contribution >= 0.6 is 11.8 Å². The first-order valence-electron chi connectivity index (χ1n) is 6.07. The van der Waals surface area contributed by atoms with E-state index >= 15 is 0 Å².